The summed E-state index contributed by atoms with van der Waals surface area (Å²) in [5.41, 5.74) is 3.69. The first kappa shape index (κ1) is 16.4. The molecule has 4 rings (SSSR count). The van der Waals surface area contributed by atoms with Crippen molar-refractivity contribution in [1.82, 2.24) is 9.97 Å². The lowest BCUT2D eigenvalue weighted by Crippen LogP contribution is -2.15. The fourth-order valence-electron chi connectivity index (χ4n) is 2.86. The highest BCUT2D eigenvalue weighted by Gasteiger charge is 2.16. The van der Waals surface area contributed by atoms with Gasteiger partial charge in [-0.25, -0.2) is 13.4 Å². The molecule has 0 radical (unpaired) electrons. The fourth-order valence-corrected chi connectivity index (χ4v) is 4.07. The second-order valence-electron chi connectivity index (χ2n) is 5.99. The first-order chi connectivity index (χ1) is 12.6. The van der Waals surface area contributed by atoms with Crippen molar-refractivity contribution in [3.8, 4) is 11.4 Å². The van der Waals surface area contributed by atoms with Crippen LogP contribution in [0.1, 0.15) is 5.56 Å². The molecule has 0 aliphatic carbocycles. The molecule has 0 aliphatic rings. The molecule has 0 amide bonds. The van der Waals surface area contributed by atoms with Crippen LogP contribution in [0.4, 0.5) is 5.69 Å². The minimum atomic E-state index is -3.54. The van der Waals surface area contributed by atoms with E-state index in [2.05, 4.69) is 14.7 Å². The lowest BCUT2D eigenvalue weighted by atomic mass is 10.2. The molecule has 2 N–H and O–H groups in total. The number of imidazole rings is 1. The summed E-state index contributed by atoms with van der Waals surface area (Å²) >= 11 is 0. The molecule has 0 saturated heterocycles. The van der Waals surface area contributed by atoms with Crippen molar-refractivity contribution >= 4 is 26.7 Å². The summed E-state index contributed by atoms with van der Waals surface area (Å²) in [4.78, 5) is 7.81. The summed E-state index contributed by atoms with van der Waals surface area (Å²) in [6, 6.07) is 24.1. The third-order valence-corrected chi connectivity index (χ3v) is 5.28. The van der Waals surface area contributed by atoms with Crippen LogP contribution in [0.2, 0.25) is 0 Å². The first-order valence-corrected chi connectivity index (χ1v) is 9.84. The highest BCUT2D eigenvalue weighted by Crippen LogP contribution is 2.28. The lowest BCUT2D eigenvalue weighted by Gasteiger charge is -2.11. The van der Waals surface area contributed by atoms with Gasteiger partial charge in [-0.15, -0.1) is 0 Å². The molecule has 0 atom stereocenters. The highest BCUT2D eigenvalue weighted by molar-refractivity contribution is 7.91. The summed E-state index contributed by atoms with van der Waals surface area (Å²) in [7, 11) is -3.54. The van der Waals surface area contributed by atoms with E-state index >= 15 is 0 Å². The van der Waals surface area contributed by atoms with Crippen molar-refractivity contribution in [3.05, 3.63) is 84.4 Å². The van der Waals surface area contributed by atoms with Crippen LogP contribution in [0.3, 0.4) is 0 Å². The molecule has 0 saturated carbocycles. The van der Waals surface area contributed by atoms with E-state index in [1.54, 1.807) is 24.3 Å². The van der Waals surface area contributed by atoms with Crippen LogP contribution in [0.5, 0.6) is 0 Å². The van der Waals surface area contributed by atoms with Gasteiger partial charge in [0.1, 0.15) is 5.82 Å². The average Bonchev–Trinajstić information content (AvgIpc) is 3.06. The molecule has 0 spiro atoms. The van der Waals surface area contributed by atoms with Crippen LogP contribution in [-0.4, -0.2) is 18.4 Å². The van der Waals surface area contributed by atoms with Gasteiger partial charge in [0.2, 0.25) is 10.0 Å². The molecule has 1 aromatic heterocycles. The molecule has 4 aromatic rings. The largest absolute Gasteiger partial charge is 0.338 e. The predicted octanol–water partition coefficient (Wildman–Crippen LogP) is 4.17. The van der Waals surface area contributed by atoms with Crippen LogP contribution in [0, 0.1) is 0 Å². The Morgan fingerprint density at radius 3 is 2.35 bits per heavy atom. The van der Waals surface area contributed by atoms with Gasteiger partial charge < -0.3 is 4.98 Å². The van der Waals surface area contributed by atoms with Crippen molar-refractivity contribution in [2.45, 2.75) is 5.75 Å². The molecule has 6 heteroatoms. The van der Waals surface area contributed by atoms with E-state index in [9.17, 15) is 8.42 Å². The monoisotopic (exact) mass is 363 g/mol. The van der Waals surface area contributed by atoms with Gasteiger partial charge in [0.15, 0.2) is 0 Å². The van der Waals surface area contributed by atoms with Crippen LogP contribution in [-0.2, 0) is 15.8 Å². The first-order valence-electron chi connectivity index (χ1n) is 8.19. The second kappa shape index (κ2) is 6.65. The van der Waals surface area contributed by atoms with E-state index in [0.717, 1.165) is 16.6 Å². The Labute approximate surface area is 151 Å². The lowest BCUT2D eigenvalue weighted by molar-refractivity contribution is 0.600. The average molecular weight is 363 g/mol. The maximum Gasteiger partial charge on any atom is 0.236 e. The van der Waals surface area contributed by atoms with Crippen molar-refractivity contribution in [2.75, 3.05) is 4.72 Å². The smallest absolute Gasteiger partial charge is 0.236 e. The van der Waals surface area contributed by atoms with Crippen LogP contribution in [0.25, 0.3) is 22.4 Å². The number of aromatic nitrogens is 2. The van der Waals surface area contributed by atoms with E-state index in [4.69, 9.17) is 0 Å². The van der Waals surface area contributed by atoms with E-state index in [1.165, 1.54) is 0 Å². The molecule has 1 heterocycles. The Kier molecular flexibility index (Phi) is 4.18. The number of fused-ring (bicyclic) bond motifs is 1. The zero-order valence-corrected chi connectivity index (χ0v) is 14.7. The zero-order valence-electron chi connectivity index (χ0n) is 13.9. The summed E-state index contributed by atoms with van der Waals surface area (Å²) in [6.45, 7) is 0. The number of para-hydroxylation sites is 3. The number of nitrogens with one attached hydrogen (secondary N) is 2. The van der Waals surface area contributed by atoms with E-state index < -0.39 is 10.0 Å². The standard InChI is InChI=1S/C20H17N3O2S/c24-26(25,14-15-8-2-1-3-9-15)23-17-11-5-4-10-16(17)20-21-18-12-6-7-13-19(18)22-20/h1-13,23H,14H2,(H,21,22). The van der Waals surface area contributed by atoms with E-state index in [-0.39, 0.29) is 5.75 Å². The number of anilines is 1. The van der Waals surface area contributed by atoms with Gasteiger partial charge in [0, 0.05) is 5.56 Å². The Bertz CT molecular complexity index is 1120. The third-order valence-electron chi connectivity index (χ3n) is 4.04. The predicted molar refractivity (Wildman–Crippen MR) is 104 cm³/mol. The van der Waals surface area contributed by atoms with Crippen LogP contribution >= 0.6 is 0 Å². The number of H-pyrrole nitrogens is 1. The molecule has 0 aliphatic heterocycles. The summed E-state index contributed by atoms with van der Waals surface area (Å²) in [5, 5.41) is 0. The van der Waals surface area contributed by atoms with Crippen molar-refractivity contribution in [3.63, 3.8) is 0 Å². The highest BCUT2D eigenvalue weighted by atomic mass is 32.2. The normalized spacial score (nSPS) is 11.5. The maximum absolute atomic E-state index is 12.6. The number of benzene rings is 3. The molecular weight excluding hydrogens is 346 g/mol. The number of hydrogen-bond acceptors (Lipinski definition) is 3. The zero-order chi connectivity index (χ0) is 18.0. The van der Waals surface area contributed by atoms with E-state index in [0.29, 0.717) is 17.1 Å². The van der Waals surface area contributed by atoms with Gasteiger partial charge in [-0.3, -0.25) is 4.72 Å². The van der Waals surface area contributed by atoms with Crippen molar-refractivity contribution in [2.24, 2.45) is 0 Å². The Morgan fingerprint density at radius 2 is 1.54 bits per heavy atom. The van der Waals surface area contributed by atoms with E-state index in [1.807, 2.05) is 54.6 Å². The number of sulfonamides is 1. The maximum atomic E-state index is 12.6. The molecule has 130 valence electrons. The van der Waals surface area contributed by atoms with Gasteiger partial charge in [0.05, 0.1) is 22.5 Å². The second-order valence-corrected chi connectivity index (χ2v) is 7.72. The fraction of sp³-hybridized carbons (Fsp3) is 0.0500. The van der Waals surface area contributed by atoms with Gasteiger partial charge in [-0.05, 0) is 29.8 Å². The Morgan fingerprint density at radius 1 is 0.846 bits per heavy atom. The number of aromatic amines is 1. The van der Waals surface area contributed by atoms with Gasteiger partial charge in [-0.2, -0.15) is 0 Å². The number of nitrogens with zero attached hydrogens (tertiary/aromatic N) is 1. The molecule has 3 aromatic carbocycles. The Balaban J connectivity index is 1.67. The topological polar surface area (TPSA) is 74.8 Å². The Hall–Kier alpha value is -3.12. The summed E-state index contributed by atoms with van der Waals surface area (Å²) < 4.78 is 27.9. The molecular formula is C20H17N3O2S. The summed E-state index contributed by atoms with van der Waals surface area (Å²) in [6.07, 6.45) is 0. The third kappa shape index (κ3) is 3.45. The number of rotatable bonds is 5. The quantitative estimate of drug-likeness (QED) is 0.559. The molecule has 0 bridgehead atoms. The van der Waals surface area contributed by atoms with Crippen LogP contribution in [0.15, 0.2) is 78.9 Å². The molecule has 0 fully saturated rings. The molecule has 26 heavy (non-hydrogen) atoms. The van der Waals surface area contributed by atoms with Gasteiger partial charge in [-0.1, -0.05) is 54.6 Å². The summed E-state index contributed by atoms with van der Waals surface area (Å²) in [5.74, 6) is 0.548. The molecule has 5 nitrogen and oxygen atoms in total. The van der Waals surface area contributed by atoms with Crippen molar-refractivity contribution in [1.29, 1.82) is 0 Å². The van der Waals surface area contributed by atoms with Gasteiger partial charge >= 0.3 is 0 Å². The van der Waals surface area contributed by atoms with Gasteiger partial charge in [0.25, 0.3) is 0 Å². The minimum Gasteiger partial charge on any atom is -0.338 e. The minimum absolute atomic E-state index is 0.0810. The van der Waals surface area contributed by atoms with Crippen molar-refractivity contribution < 1.29 is 8.42 Å². The SMILES string of the molecule is O=S(=O)(Cc1ccccc1)Nc1ccccc1-c1nc2ccccc2[nH]1. The number of hydrogen-bond donors (Lipinski definition) is 2. The van der Waals surface area contributed by atoms with Crippen LogP contribution < -0.4 is 4.72 Å². The molecule has 0 unspecified atom stereocenters.